The van der Waals surface area contributed by atoms with Gasteiger partial charge in [0.05, 0.1) is 10.7 Å². The van der Waals surface area contributed by atoms with E-state index < -0.39 is 17.8 Å². The lowest BCUT2D eigenvalue weighted by molar-refractivity contribution is -0.122. The molecule has 6 nitrogen and oxygen atoms in total. The molecule has 3 aromatic rings. The maximum absolute atomic E-state index is 13.0. The smallest absolute Gasteiger partial charge is 0.335 e. The Morgan fingerprint density at radius 2 is 1.75 bits per heavy atom. The number of ether oxygens (including phenoxy) is 1. The Kier molecular flexibility index (Phi) is 6.05. The van der Waals surface area contributed by atoms with E-state index in [2.05, 4.69) is 5.32 Å². The van der Waals surface area contributed by atoms with E-state index >= 15 is 0 Å². The van der Waals surface area contributed by atoms with Gasteiger partial charge in [0.15, 0.2) is 0 Å². The molecule has 0 aliphatic carbocycles. The lowest BCUT2D eigenvalue weighted by Crippen LogP contribution is -2.54. The highest BCUT2D eigenvalue weighted by Crippen LogP contribution is 2.28. The number of hydrogen-bond acceptors (Lipinski definition) is 4. The Labute approximate surface area is 190 Å². The van der Waals surface area contributed by atoms with Crippen molar-refractivity contribution in [1.82, 2.24) is 5.32 Å². The van der Waals surface area contributed by atoms with Gasteiger partial charge in [-0.1, -0.05) is 60.1 Å². The molecule has 160 valence electrons. The minimum absolute atomic E-state index is 0.167. The number of urea groups is 1. The Bertz CT molecular complexity index is 1240. The molecule has 1 fully saturated rings. The predicted octanol–water partition coefficient (Wildman–Crippen LogP) is 4.89. The highest BCUT2D eigenvalue weighted by molar-refractivity contribution is 6.39. The van der Waals surface area contributed by atoms with E-state index in [0.29, 0.717) is 28.6 Å². The summed E-state index contributed by atoms with van der Waals surface area (Å²) in [5.74, 6) is -0.983. The van der Waals surface area contributed by atoms with E-state index in [1.165, 1.54) is 6.08 Å². The second-order valence-electron chi connectivity index (χ2n) is 7.26. The number of amides is 4. The number of nitrogens with zero attached hydrogens (tertiary/aromatic N) is 1. The standard InChI is InChI=1S/C25H19ClN2O4/c1-16-6-5-9-19(12-16)28-24(30)20(23(29)27-25(28)31)13-18-10-11-22(21(26)14-18)32-15-17-7-3-2-4-8-17/h2-14H,15H2,1H3,(H,27,29,31)/b20-13+. The Morgan fingerprint density at radius 1 is 0.969 bits per heavy atom. The molecule has 0 atom stereocenters. The first-order valence-electron chi connectivity index (χ1n) is 9.87. The van der Waals surface area contributed by atoms with E-state index in [0.717, 1.165) is 16.0 Å². The SMILES string of the molecule is Cc1cccc(N2C(=O)NC(=O)/C(=C\c3ccc(OCc4ccccc4)c(Cl)c3)C2=O)c1. The molecular weight excluding hydrogens is 428 g/mol. The molecule has 1 saturated heterocycles. The van der Waals surface area contributed by atoms with Gasteiger partial charge in [-0.05, 0) is 54.0 Å². The van der Waals surface area contributed by atoms with Crippen LogP contribution in [-0.2, 0) is 16.2 Å². The van der Waals surface area contributed by atoms with Crippen molar-refractivity contribution in [3.05, 3.63) is 100 Å². The molecule has 1 aliphatic rings. The van der Waals surface area contributed by atoms with Crippen LogP contribution >= 0.6 is 11.6 Å². The molecule has 32 heavy (non-hydrogen) atoms. The normalized spacial score (nSPS) is 15.1. The lowest BCUT2D eigenvalue weighted by Gasteiger charge is -2.26. The fourth-order valence-corrected chi connectivity index (χ4v) is 3.53. The van der Waals surface area contributed by atoms with Gasteiger partial charge in [-0.15, -0.1) is 0 Å². The number of carbonyl (C=O) groups is 3. The number of barbiturate groups is 1. The van der Waals surface area contributed by atoms with Gasteiger partial charge >= 0.3 is 6.03 Å². The van der Waals surface area contributed by atoms with Crippen molar-refractivity contribution in [2.24, 2.45) is 0 Å². The molecule has 4 rings (SSSR count). The van der Waals surface area contributed by atoms with Gasteiger partial charge < -0.3 is 4.74 Å². The first-order chi connectivity index (χ1) is 15.4. The van der Waals surface area contributed by atoms with Crippen LogP contribution < -0.4 is 15.0 Å². The van der Waals surface area contributed by atoms with E-state index in [4.69, 9.17) is 16.3 Å². The molecule has 7 heteroatoms. The largest absolute Gasteiger partial charge is 0.487 e. The summed E-state index contributed by atoms with van der Waals surface area (Å²) in [4.78, 5) is 38.6. The van der Waals surface area contributed by atoms with Crippen molar-refractivity contribution in [3.8, 4) is 5.75 Å². The molecule has 0 bridgehead atoms. The van der Waals surface area contributed by atoms with Gasteiger partial charge in [0, 0.05) is 0 Å². The van der Waals surface area contributed by atoms with Crippen LogP contribution in [-0.4, -0.2) is 17.8 Å². The number of carbonyl (C=O) groups excluding carboxylic acids is 3. The summed E-state index contributed by atoms with van der Waals surface area (Å²) in [5.41, 5.74) is 2.62. The monoisotopic (exact) mass is 446 g/mol. The topological polar surface area (TPSA) is 75.7 Å². The molecule has 0 spiro atoms. The fraction of sp³-hybridized carbons (Fsp3) is 0.0800. The number of hydrogen-bond donors (Lipinski definition) is 1. The van der Waals surface area contributed by atoms with E-state index in [1.54, 1.807) is 36.4 Å². The van der Waals surface area contributed by atoms with Crippen molar-refractivity contribution in [2.75, 3.05) is 4.90 Å². The number of anilines is 1. The van der Waals surface area contributed by atoms with Gasteiger partial charge in [-0.3, -0.25) is 14.9 Å². The molecular formula is C25H19ClN2O4. The summed E-state index contributed by atoms with van der Waals surface area (Å²) in [6.07, 6.45) is 1.40. The number of aryl methyl sites for hydroxylation is 1. The van der Waals surface area contributed by atoms with Crippen LogP contribution in [0.3, 0.4) is 0 Å². The van der Waals surface area contributed by atoms with Crippen molar-refractivity contribution in [1.29, 1.82) is 0 Å². The van der Waals surface area contributed by atoms with Crippen molar-refractivity contribution in [3.63, 3.8) is 0 Å². The van der Waals surface area contributed by atoms with Crippen molar-refractivity contribution < 1.29 is 19.1 Å². The Morgan fingerprint density at radius 3 is 2.47 bits per heavy atom. The van der Waals surface area contributed by atoms with Gasteiger partial charge in [0.1, 0.15) is 17.9 Å². The summed E-state index contributed by atoms with van der Waals surface area (Å²) in [6, 6.07) is 20.7. The first-order valence-corrected chi connectivity index (χ1v) is 10.2. The maximum atomic E-state index is 13.0. The molecule has 1 heterocycles. The summed E-state index contributed by atoms with van der Waals surface area (Å²) in [7, 11) is 0. The number of benzene rings is 3. The molecule has 1 N–H and O–H groups in total. The quantitative estimate of drug-likeness (QED) is 0.447. The van der Waals surface area contributed by atoms with Crippen molar-refractivity contribution >= 4 is 41.2 Å². The van der Waals surface area contributed by atoms with Crippen LogP contribution in [0.15, 0.2) is 78.4 Å². The van der Waals surface area contributed by atoms with Gasteiger partial charge in [-0.25, -0.2) is 9.69 Å². The second-order valence-corrected chi connectivity index (χ2v) is 7.67. The number of halogens is 1. The van der Waals surface area contributed by atoms with Crippen LogP contribution in [0.4, 0.5) is 10.5 Å². The zero-order valence-corrected chi connectivity index (χ0v) is 17.9. The van der Waals surface area contributed by atoms with E-state index in [-0.39, 0.29) is 5.57 Å². The molecule has 0 unspecified atom stereocenters. The second kappa shape index (κ2) is 9.08. The average Bonchev–Trinajstić information content (AvgIpc) is 2.77. The molecule has 0 aromatic heterocycles. The van der Waals surface area contributed by atoms with Crippen molar-refractivity contribution in [2.45, 2.75) is 13.5 Å². The molecule has 0 radical (unpaired) electrons. The predicted molar refractivity (Wildman–Crippen MR) is 122 cm³/mol. The minimum Gasteiger partial charge on any atom is -0.487 e. The Hall–Kier alpha value is -3.90. The molecule has 4 amide bonds. The summed E-state index contributed by atoms with van der Waals surface area (Å²) in [6.45, 7) is 2.20. The van der Waals surface area contributed by atoms with Crippen LogP contribution in [0.2, 0.25) is 5.02 Å². The number of rotatable bonds is 5. The number of nitrogens with one attached hydrogen (secondary N) is 1. The molecule has 1 aliphatic heterocycles. The van der Waals surface area contributed by atoms with Crippen LogP contribution in [0, 0.1) is 6.92 Å². The average molecular weight is 447 g/mol. The fourth-order valence-electron chi connectivity index (χ4n) is 3.28. The highest BCUT2D eigenvalue weighted by atomic mass is 35.5. The summed E-state index contributed by atoms with van der Waals surface area (Å²) >= 11 is 6.35. The van der Waals surface area contributed by atoms with Gasteiger partial charge in [0.2, 0.25) is 0 Å². The molecule has 0 saturated carbocycles. The zero-order valence-electron chi connectivity index (χ0n) is 17.2. The third-order valence-electron chi connectivity index (χ3n) is 4.87. The van der Waals surface area contributed by atoms with Gasteiger partial charge in [-0.2, -0.15) is 0 Å². The maximum Gasteiger partial charge on any atom is 0.335 e. The van der Waals surface area contributed by atoms with Crippen LogP contribution in [0.5, 0.6) is 5.75 Å². The number of imide groups is 2. The van der Waals surface area contributed by atoms with Gasteiger partial charge in [0.25, 0.3) is 11.8 Å². The van der Waals surface area contributed by atoms with Crippen LogP contribution in [0.1, 0.15) is 16.7 Å². The summed E-state index contributed by atoms with van der Waals surface area (Å²) < 4.78 is 5.76. The third-order valence-corrected chi connectivity index (χ3v) is 5.16. The highest BCUT2D eigenvalue weighted by Gasteiger charge is 2.36. The summed E-state index contributed by atoms with van der Waals surface area (Å²) in [5, 5.41) is 2.55. The molecule has 3 aromatic carbocycles. The first kappa shape index (κ1) is 21.3. The lowest BCUT2D eigenvalue weighted by atomic mass is 10.1. The van der Waals surface area contributed by atoms with E-state index in [1.807, 2.05) is 43.3 Å². The Balaban J connectivity index is 1.57. The van der Waals surface area contributed by atoms with E-state index in [9.17, 15) is 14.4 Å². The zero-order chi connectivity index (χ0) is 22.7. The van der Waals surface area contributed by atoms with Crippen LogP contribution in [0.25, 0.3) is 6.08 Å². The third kappa shape index (κ3) is 4.55. The minimum atomic E-state index is -0.787.